The number of ether oxygens (including phenoxy) is 1. The molecule has 4 aromatic rings. The van der Waals surface area contributed by atoms with Gasteiger partial charge in [-0.05, 0) is 18.2 Å². The molecule has 1 saturated heterocycles. The number of aromatic nitrogens is 4. The number of carbonyl (C=O) groups excluding carboxylic acids is 1. The molecule has 1 amide bonds. The van der Waals surface area contributed by atoms with Crippen LogP contribution in [0, 0.1) is 0 Å². The zero-order chi connectivity index (χ0) is 21.0. The molecule has 1 aromatic carbocycles. The Hall–Kier alpha value is -4.01. The van der Waals surface area contributed by atoms with Gasteiger partial charge in [-0.3, -0.25) is 9.78 Å². The van der Waals surface area contributed by atoms with Crippen LogP contribution in [0.2, 0.25) is 0 Å². The van der Waals surface area contributed by atoms with Crippen LogP contribution in [0.15, 0.2) is 65.6 Å². The summed E-state index contributed by atoms with van der Waals surface area (Å²) in [6, 6.07) is 13.0. The minimum Gasteiger partial charge on any atom is -0.483 e. The third-order valence-electron chi connectivity index (χ3n) is 5.15. The van der Waals surface area contributed by atoms with Gasteiger partial charge in [-0.25, -0.2) is 9.97 Å². The Morgan fingerprint density at radius 1 is 0.968 bits per heavy atom. The van der Waals surface area contributed by atoms with E-state index in [1.807, 2.05) is 30.3 Å². The molecule has 0 bridgehead atoms. The maximum atomic E-state index is 12.8. The van der Waals surface area contributed by atoms with Crippen molar-refractivity contribution in [2.45, 2.75) is 6.61 Å². The number of rotatable bonds is 5. The maximum absolute atomic E-state index is 12.8. The zero-order valence-electron chi connectivity index (χ0n) is 16.7. The fraction of sp³-hybridized carbons (Fsp3) is 0.227. The fourth-order valence-electron chi connectivity index (χ4n) is 3.55. The first-order valence-corrected chi connectivity index (χ1v) is 10.0. The monoisotopic (exact) mass is 416 g/mol. The van der Waals surface area contributed by atoms with E-state index < -0.39 is 0 Å². The third-order valence-corrected chi connectivity index (χ3v) is 5.15. The predicted molar refractivity (Wildman–Crippen MR) is 113 cm³/mol. The summed E-state index contributed by atoms with van der Waals surface area (Å²) in [6.45, 7) is 2.62. The van der Waals surface area contributed by atoms with E-state index >= 15 is 0 Å². The Bertz CT molecular complexity index is 1180. The molecule has 4 heterocycles. The van der Waals surface area contributed by atoms with Crippen molar-refractivity contribution >= 4 is 22.8 Å². The molecule has 0 N–H and O–H groups in total. The molecule has 1 fully saturated rings. The first kappa shape index (κ1) is 19.0. The second-order valence-corrected chi connectivity index (χ2v) is 7.13. The van der Waals surface area contributed by atoms with Crippen molar-refractivity contribution in [1.29, 1.82) is 0 Å². The highest BCUT2D eigenvalue weighted by molar-refractivity contribution is 5.92. The number of hydrogen-bond acceptors (Lipinski definition) is 8. The summed E-state index contributed by atoms with van der Waals surface area (Å²) in [5, 5.41) is 4.94. The number of fused-ring (bicyclic) bond motifs is 1. The van der Waals surface area contributed by atoms with Gasteiger partial charge in [0.1, 0.15) is 17.9 Å². The van der Waals surface area contributed by atoms with Crippen LogP contribution in [-0.2, 0) is 6.61 Å². The van der Waals surface area contributed by atoms with Gasteiger partial charge < -0.3 is 19.1 Å². The Morgan fingerprint density at radius 2 is 1.74 bits per heavy atom. The van der Waals surface area contributed by atoms with Gasteiger partial charge in [0.2, 0.25) is 5.95 Å². The number of amides is 1. The molecule has 0 aliphatic carbocycles. The lowest BCUT2D eigenvalue weighted by molar-refractivity contribution is 0.0735. The molecule has 0 radical (unpaired) electrons. The van der Waals surface area contributed by atoms with Gasteiger partial charge in [0.25, 0.3) is 5.91 Å². The topological polar surface area (TPSA) is 97.5 Å². The van der Waals surface area contributed by atoms with Crippen LogP contribution in [-0.4, -0.2) is 57.1 Å². The molecular weight excluding hydrogens is 396 g/mol. The highest BCUT2D eigenvalue weighted by Crippen LogP contribution is 2.24. The molecule has 156 valence electrons. The second kappa shape index (κ2) is 8.39. The van der Waals surface area contributed by atoms with Gasteiger partial charge in [-0.1, -0.05) is 23.4 Å². The molecule has 31 heavy (non-hydrogen) atoms. The van der Waals surface area contributed by atoms with E-state index in [-0.39, 0.29) is 18.2 Å². The average Bonchev–Trinajstić information content (AvgIpc) is 3.32. The Balaban J connectivity index is 1.20. The van der Waals surface area contributed by atoms with E-state index in [0.717, 1.165) is 10.9 Å². The smallest absolute Gasteiger partial charge is 0.276 e. The van der Waals surface area contributed by atoms with Crippen molar-refractivity contribution in [3.8, 4) is 5.75 Å². The lowest BCUT2D eigenvalue weighted by Crippen LogP contribution is -2.49. The molecule has 0 saturated carbocycles. The number of pyridine rings is 1. The Kier molecular flexibility index (Phi) is 5.14. The quantitative estimate of drug-likeness (QED) is 0.490. The second-order valence-electron chi connectivity index (χ2n) is 7.13. The van der Waals surface area contributed by atoms with Crippen LogP contribution in [0.1, 0.15) is 16.2 Å². The highest BCUT2D eigenvalue weighted by atomic mass is 16.5. The summed E-state index contributed by atoms with van der Waals surface area (Å²) in [7, 11) is 0. The number of hydrogen-bond donors (Lipinski definition) is 0. The molecule has 3 aromatic heterocycles. The average molecular weight is 416 g/mol. The lowest BCUT2D eigenvalue weighted by Gasteiger charge is -2.34. The number of para-hydroxylation sites is 1. The largest absolute Gasteiger partial charge is 0.483 e. The SMILES string of the molecule is O=C(c1cc(COc2cccc3cccnc23)on1)N1CCN(c2ncccn2)CC1. The predicted octanol–water partition coefficient (Wildman–Crippen LogP) is 2.55. The number of anilines is 1. The summed E-state index contributed by atoms with van der Waals surface area (Å²) in [4.78, 5) is 29.5. The molecule has 1 aliphatic heterocycles. The van der Waals surface area contributed by atoms with E-state index in [0.29, 0.717) is 43.6 Å². The minimum absolute atomic E-state index is 0.157. The molecule has 9 heteroatoms. The Labute approximate surface area is 178 Å². The number of carbonyl (C=O) groups is 1. The summed E-state index contributed by atoms with van der Waals surface area (Å²) >= 11 is 0. The van der Waals surface area contributed by atoms with Crippen LogP contribution in [0.25, 0.3) is 10.9 Å². The van der Waals surface area contributed by atoms with Gasteiger partial charge in [0.15, 0.2) is 11.5 Å². The van der Waals surface area contributed by atoms with Gasteiger partial charge >= 0.3 is 0 Å². The number of piperazine rings is 1. The summed E-state index contributed by atoms with van der Waals surface area (Å²) < 4.78 is 11.2. The van der Waals surface area contributed by atoms with Gasteiger partial charge in [0, 0.05) is 56.2 Å². The standard InChI is InChI=1S/C22H20N6O3/c29-21(27-10-12-28(13-11-27)22-24-8-3-9-25-22)18-14-17(31-26-18)15-30-19-6-1-4-16-5-2-7-23-20(16)19/h1-9,14H,10-13,15H2. The summed E-state index contributed by atoms with van der Waals surface area (Å²) in [6.07, 6.45) is 5.16. The van der Waals surface area contributed by atoms with Crippen LogP contribution in [0.5, 0.6) is 5.75 Å². The fourth-order valence-corrected chi connectivity index (χ4v) is 3.55. The van der Waals surface area contributed by atoms with E-state index in [9.17, 15) is 4.79 Å². The van der Waals surface area contributed by atoms with Crippen molar-refractivity contribution in [3.63, 3.8) is 0 Å². The van der Waals surface area contributed by atoms with Crippen molar-refractivity contribution in [1.82, 2.24) is 25.0 Å². The van der Waals surface area contributed by atoms with E-state index in [1.165, 1.54) is 0 Å². The van der Waals surface area contributed by atoms with Crippen molar-refractivity contribution in [3.05, 3.63) is 72.5 Å². The molecule has 0 atom stereocenters. The van der Waals surface area contributed by atoms with Crippen molar-refractivity contribution < 1.29 is 14.1 Å². The lowest BCUT2D eigenvalue weighted by atomic mass is 10.2. The minimum atomic E-state index is -0.157. The number of nitrogens with zero attached hydrogens (tertiary/aromatic N) is 6. The van der Waals surface area contributed by atoms with Crippen LogP contribution in [0.3, 0.4) is 0 Å². The van der Waals surface area contributed by atoms with Gasteiger partial charge in [-0.15, -0.1) is 0 Å². The van der Waals surface area contributed by atoms with E-state index in [1.54, 1.807) is 35.6 Å². The summed E-state index contributed by atoms with van der Waals surface area (Å²) in [5.74, 6) is 1.66. The molecule has 0 spiro atoms. The molecular formula is C22H20N6O3. The summed E-state index contributed by atoms with van der Waals surface area (Å²) in [5.41, 5.74) is 1.06. The van der Waals surface area contributed by atoms with Gasteiger partial charge in [-0.2, -0.15) is 0 Å². The van der Waals surface area contributed by atoms with Crippen molar-refractivity contribution in [2.75, 3.05) is 31.1 Å². The normalized spacial score (nSPS) is 14.1. The molecule has 9 nitrogen and oxygen atoms in total. The zero-order valence-corrected chi connectivity index (χ0v) is 16.7. The van der Waals surface area contributed by atoms with Crippen molar-refractivity contribution in [2.24, 2.45) is 0 Å². The molecule has 1 aliphatic rings. The first-order chi connectivity index (χ1) is 15.3. The van der Waals surface area contributed by atoms with Crippen LogP contribution >= 0.6 is 0 Å². The third kappa shape index (κ3) is 4.02. The van der Waals surface area contributed by atoms with Crippen LogP contribution < -0.4 is 9.64 Å². The molecule has 5 rings (SSSR count). The maximum Gasteiger partial charge on any atom is 0.276 e. The number of benzene rings is 1. The molecule has 0 unspecified atom stereocenters. The Morgan fingerprint density at radius 3 is 2.58 bits per heavy atom. The van der Waals surface area contributed by atoms with E-state index in [2.05, 4.69) is 25.0 Å². The van der Waals surface area contributed by atoms with Gasteiger partial charge in [0.05, 0.1) is 0 Å². The highest BCUT2D eigenvalue weighted by Gasteiger charge is 2.25. The van der Waals surface area contributed by atoms with E-state index in [4.69, 9.17) is 9.26 Å². The van der Waals surface area contributed by atoms with Crippen LogP contribution in [0.4, 0.5) is 5.95 Å². The first-order valence-electron chi connectivity index (χ1n) is 10.0.